The molecule has 4 nitrogen and oxygen atoms in total. The first kappa shape index (κ1) is 18.2. The summed E-state index contributed by atoms with van der Waals surface area (Å²) in [5.74, 6) is -0.533. The topological polar surface area (TPSA) is 62.2 Å². The molecule has 0 spiro atoms. The Labute approximate surface area is 149 Å². The van der Waals surface area contributed by atoms with Crippen molar-refractivity contribution >= 4 is 40.5 Å². The lowest BCUT2D eigenvalue weighted by molar-refractivity contribution is -0.140. The van der Waals surface area contributed by atoms with E-state index in [9.17, 15) is 9.90 Å². The Morgan fingerprint density at radius 2 is 2.13 bits per heavy atom. The van der Waals surface area contributed by atoms with Crippen LogP contribution in [0, 0.1) is 5.92 Å². The quantitative estimate of drug-likeness (QED) is 0.738. The van der Waals surface area contributed by atoms with Gasteiger partial charge in [-0.2, -0.15) is 0 Å². The summed E-state index contributed by atoms with van der Waals surface area (Å²) >= 11 is 13.6. The monoisotopic (exact) mass is 372 g/mol. The van der Waals surface area contributed by atoms with Gasteiger partial charge < -0.3 is 5.11 Å². The SMILES string of the molecule is CC(C)C[C@@H](NCc1nc(-c2cc(Cl)ccc2Cl)cs1)C(=O)O. The Kier molecular flexibility index (Phi) is 6.41. The zero-order valence-electron chi connectivity index (χ0n) is 12.8. The molecule has 0 amide bonds. The molecule has 0 aliphatic carbocycles. The van der Waals surface area contributed by atoms with Crippen molar-refractivity contribution in [2.75, 3.05) is 0 Å². The molecule has 0 aliphatic heterocycles. The number of rotatable bonds is 7. The number of benzene rings is 1. The maximum Gasteiger partial charge on any atom is 0.320 e. The van der Waals surface area contributed by atoms with Crippen LogP contribution in [0.1, 0.15) is 25.3 Å². The van der Waals surface area contributed by atoms with Crippen LogP contribution in [-0.2, 0) is 11.3 Å². The molecule has 23 heavy (non-hydrogen) atoms. The average Bonchev–Trinajstić information content (AvgIpc) is 2.94. The number of nitrogens with zero attached hydrogens (tertiary/aromatic N) is 1. The summed E-state index contributed by atoms with van der Waals surface area (Å²) in [4.78, 5) is 15.8. The summed E-state index contributed by atoms with van der Waals surface area (Å²) in [6.45, 7) is 4.41. The maximum atomic E-state index is 11.3. The second-order valence-electron chi connectivity index (χ2n) is 5.65. The summed E-state index contributed by atoms with van der Waals surface area (Å²) in [6, 6.07) is 4.66. The Balaban J connectivity index is 2.07. The first-order valence-corrected chi connectivity index (χ1v) is 8.86. The number of thiazole rings is 1. The number of hydrogen-bond acceptors (Lipinski definition) is 4. The van der Waals surface area contributed by atoms with Gasteiger partial charge >= 0.3 is 5.97 Å². The second-order valence-corrected chi connectivity index (χ2v) is 7.44. The molecule has 1 aromatic carbocycles. The molecule has 0 fully saturated rings. The van der Waals surface area contributed by atoms with Crippen molar-refractivity contribution in [3.8, 4) is 11.3 Å². The number of aromatic nitrogens is 1. The van der Waals surface area contributed by atoms with Crippen molar-refractivity contribution in [1.82, 2.24) is 10.3 Å². The zero-order chi connectivity index (χ0) is 17.0. The van der Waals surface area contributed by atoms with Gasteiger partial charge in [-0.25, -0.2) is 4.98 Å². The minimum absolute atomic E-state index is 0.306. The van der Waals surface area contributed by atoms with Gasteiger partial charge in [0.15, 0.2) is 0 Å². The first-order chi connectivity index (χ1) is 10.9. The molecular formula is C16H18Cl2N2O2S. The number of carbonyl (C=O) groups is 1. The van der Waals surface area contributed by atoms with E-state index in [1.165, 1.54) is 11.3 Å². The van der Waals surface area contributed by atoms with Gasteiger partial charge in [-0.05, 0) is 30.5 Å². The fourth-order valence-corrected chi connectivity index (χ4v) is 3.29. The molecule has 2 N–H and O–H groups in total. The highest BCUT2D eigenvalue weighted by atomic mass is 35.5. The summed E-state index contributed by atoms with van der Waals surface area (Å²) < 4.78 is 0. The fraction of sp³-hybridized carbons (Fsp3) is 0.375. The van der Waals surface area contributed by atoms with E-state index in [1.807, 2.05) is 19.2 Å². The molecule has 7 heteroatoms. The molecule has 124 valence electrons. The van der Waals surface area contributed by atoms with E-state index in [-0.39, 0.29) is 0 Å². The van der Waals surface area contributed by atoms with E-state index < -0.39 is 12.0 Å². The molecule has 1 heterocycles. The predicted octanol–water partition coefficient (Wildman–Crippen LogP) is 4.71. The third kappa shape index (κ3) is 5.18. The van der Waals surface area contributed by atoms with E-state index >= 15 is 0 Å². The highest BCUT2D eigenvalue weighted by molar-refractivity contribution is 7.09. The third-order valence-corrected chi connectivity index (χ3v) is 4.67. The number of halogens is 2. The third-order valence-electron chi connectivity index (χ3n) is 3.26. The van der Waals surface area contributed by atoms with Crippen LogP contribution in [0.15, 0.2) is 23.6 Å². The van der Waals surface area contributed by atoms with Crippen LogP contribution in [0.25, 0.3) is 11.3 Å². The van der Waals surface area contributed by atoms with E-state index in [1.54, 1.807) is 18.2 Å². The number of hydrogen-bond donors (Lipinski definition) is 2. The smallest absolute Gasteiger partial charge is 0.320 e. The molecule has 0 bridgehead atoms. The Morgan fingerprint density at radius 1 is 1.39 bits per heavy atom. The summed E-state index contributed by atoms with van der Waals surface area (Å²) in [7, 11) is 0. The van der Waals surface area contributed by atoms with Gasteiger partial charge in [0.2, 0.25) is 0 Å². The van der Waals surface area contributed by atoms with Crippen LogP contribution in [0.2, 0.25) is 10.0 Å². The zero-order valence-corrected chi connectivity index (χ0v) is 15.2. The van der Waals surface area contributed by atoms with Crippen LogP contribution < -0.4 is 5.32 Å². The van der Waals surface area contributed by atoms with Gasteiger partial charge in [0.05, 0.1) is 10.7 Å². The van der Waals surface area contributed by atoms with Gasteiger partial charge in [0.1, 0.15) is 11.0 Å². The second kappa shape index (κ2) is 8.11. The lowest BCUT2D eigenvalue weighted by atomic mass is 10.0. The van der Waals surface area contributed by atoms with E-state index in [2.05, 4.69) is 10.3 Å². The van der Waals surface area contributed by atoms with E-state index in [0.29, 0.717) is 28.9 Å². The summed E-state index contributed by atoms with van der Waals surface area (Å²) in [6.07, 6.45) is 0.577. The highest BCUT2D eigenvalue weighted by Crippen LogP contribution is 2.31. The normalized spacial score (nSPS) is 12.6. The number of nitrogens with one attached hydrogen (secondary N) is 1. The molecule has 0 radical (unpaired) electrons. The van der Waals surface area contributed by atoms with Crippen LogP contribution in [0.3, 0.4) is 0 Å². The predicted molar refractivity (Wildman–Crippen MR) is 95.3 cm³/mol. The van der Waals surface area contributed by atoms with Crippen LogP contribution >= 0.6 is 34.5 Å². The average molecular weight is 373 g/mol. The van der Waals surface area contributed by atoms with Gasteiger partial charge in [0.25, 0.3) is 0 Å². The Bertz CT molecular complexity index is 688. The minimum atomic E-state index is -0.839. The molecule has 0 aliphatic rings. The van der Waals surface area contributed by atoms with E-state index in [0.717, 1.165) is 16.3 Å². The van der Waals surface area contributed by atoms with Gasteiger partial charge in [-0.1, -0.05) is 37.0 Å². The molecule has 0 saturated carbocycles. The van der Waals surface area contributed by atoms with Crippen molar-refractivity contribution < 1.29 is 9.90 Å². The van der Waals surface area contributed by atoms with Crippen LogP contribution in [0.5, 0.6) is 0 Å². The largest absolute Gasteiger partial charge is 0.480 e. The van der Waals surface area contributed by atoms with Crippen molar-refractivity contribution in [3.63, 3.8) is 0 Å². The first-order valence-electron chi connectivity index (χ1n) is 7.23. The Morgan fingerprint density at radius 3 is 2.78 bits per heavy atom. The maximum absolute atomic E-state index is 11.3. The molecule has 2 aromatic rings. The van der Waals surface area contributed by atoms with Crippen molar-refractivity contribution in [1.29, 1.82) is 0 Å². The van der Waals surface area contributed by atoms with Gasteiger partial charge in [-0.3, -0.25) is 10.1 Å². The molecular weight excluding hydrogens is 355 g/mol. The molecule has 0 unspecified atom stereocenters. The van der Waals surface area contributed by atoms with Crippen molar-refractivity contribution in [3.05, 3.63) is 38.6 Å². The van der Waals surface area contributed by atoms with Crippen molar-refractivity contribution in [2.45, 2.75) is 32.9 Å². The minimum Gasteiger partial charge on any atom is -0.480 e. The number of aliphatic carboxylic acids is 1. The summed E-state index contributed by atoms with van der Waals surface area (Å²) in [5.41, 5.74) is 1.52. The number of carboxylic acid groups (broad SMARTS) is 1. The standard InChI is InChI=1S/C16H18Cl2N2O2S/c1-9(2)5-13(16(21)22)19-7-15-20-14(8-23-15)11-6-10(17)3-4-12(11)18/h3-4,6,8-9,13,19H,5,7H2,1-2H3,(H,21,22)/t13-/m1/s1. The summed E-state index contributed by atoms with van der Waals surface area (Å²) in [5, 5.41) is 16.2. The Hall–Kier alpha value is -1.14. The molecule has 2 rings (SSSR count). The van der Waals surface area contributed by atoms with Crippen LogP contribution in [-0.4, -0.2) is 22.1 Å². The van der Waals surface area contributed by atoms with Gasteiger partial charge in [-0.15, -0.1) is 11.3 Å². The molecule has 1 atom stereocenters. The number of carboxylic acids is 1. The lowest BCUT2D eigenvalue weighted by Gasteiger charge is -2.15. The highest BCUT2D eigenvalue weighted by Gasteiger charge is 2.19. The molecule has 0 saturated heterocycles. The molecule has 1 aromatic heterocycles. The van der Waals surface area contributed by atoms with Crippen LogP contribution in [0.4, 0.5) is 0 Å². The van der Waals surface area contributed by atoms with Gasteiger partial charge in [0, 0.05) is 22.5 Å². The fourth-order valence-electron chi connectivity index (χ4n) is 2.16. The van der Waals surface area contributed by atoms with E-state index in [4.69, 9.17) is 23.2 Å². The lowest BCUT2D eigenvalue weighted by Crippen LogP contribution is -2.37. The van der Waals surface area contributed by atoms with Crippen molar-refractivity contribution in [2.24, 2.45) is 5.92 Å².